The summed E-state index contributed by atoms with van der Waals surface area (Å²) >= 11 is 1.70. The van der Waals surface area contributed by atoms with E-state index in [9.17, 15) is 9.59 Å². The van der Waals surface area contributed by atoms with Crippen LogP contribution in [0.4, 0.5) is 0 Å². The lowest BCUT2D eigenvalue weighted by Gasteiger charge is -2.40. The standard InChI is InChI=1S/C24H28N2O2S/c25-23(28)24(17-19-8-3-4-9-20(19)21-10-5-15-29-21)11-13-26(14-12-24)22(27)16-18-6-1-2-7-18/h1,3-6,8-10,15,18H,2,7,11-14,16-17H2,(H2,25,28)/t18-/m0/s1. The second-order valence-corrected chi connectivity index (χ2v) is 9.25. The summed E-state index contributed by atoms with van der Waals surface area (Å²) in [7, 11) is 0. The number of thiophene rings is 1. The number of primary amides is 1. The van der Waals surface area contributed by atoms with Gasteiger partial charge in [-0.25, -0.2) is 0 Å². The lowest BCUT2D eigenvalue weighted by atomic mass is 9.72. The van der Waals surface area contributed by atoms with Crippen LogP contribution in [0.15, 0.2) is 53.9 Å². The summed E-state index contributed by atoms with van der Waals surface area (Å²) in [5.74, 6) is 0.339. The third-order valence-electron chi connectivity index (χ3n) is 6.48. The fourth-order valence-corrected chi connectivity index (χ4v) is 5.41. The quantitative estimate of drug-likeness (QED) is 0.720. The average Bonchev–Trinajstić information content (AvgIpc) is 3.43. The number of carbonyl (C=O) groups excluding carboxylic acids is 2. The van der Waals surface area contributed by atoms with Crippen molar-refractivity contribution in [2.75, 3.05) is 13.1 Å². The Morgan fingerprint density at radius 3 is 2.59 bits per heavy atom. The first-order chi connectivity index (χ1) is 14.1. The molecule has 2 aromatic rings. The van der Waals surface area contributed by atoms with Crippen molar-refractivity contribution in [2.24, 2.45) is 17.1 Å². The molecule has 2 N–H and O–H groups in total. The number of nitrogens with zero attached hydrogens (tertiary/aromatic N) is 1. The van der Waals surface area contributed by atoms with Gasteiger partial charge in [-0.2, -0.15) is 0 Å². The van der Waals surface area contributed by atoms with Crippen molar-refractivity contribution in [3.05, 3.63) is 59.5 Å². The summed E-state index contributed by atoms with van der Waals surface area (Å²) in [5.41, 5.74) is 7.67. The number of nitrogens with two attached hydrogens (primary N) is 1. The van der Waals surface area contributed by atoms with Crippen LogP contribution in [-0.4, -0.2) is 29.8 Å². The third-order valence-corrected chi connectivity index (χ3v) is 7.38. The number of amides is 2. The van der Waals surface area contributed by atoms with E-state index in [1.807, 2.05) is 23.1 Å². The summed E-state index contributed by atoms with van der Waals surface area (Å²) in [4.78, 5) is 28.4. The van der Waals surface area contributed by atoms with Crippen molar-refractivity contribution >= 4 is 23.2 Å². The molecule has 0 bridgehead atoms. The summed E-state index contributed by atoms with van der Waals surface area (Å²) in [5, 5.41) is 2.07. The molecule has 0 unspecified atom stereocenters. The molecule has 1 saturated heterocycles. The molecule has 1 aliphatic carbocycles. The SMILES string of the molecule is NC(=O)C1(Cc2ccccc2-c2cccs2)CCN(C(=O)C[C@H]2C=CCC2)CC1. The van der Waals surface area contributed by atoms with Gasteiger partial charge in [0.15, 0.2) is 0 Å². The van der Waals surface area contributed by atoms with Gasteiger partial charge in [-0.1, -0.05) is 42.5 Å². The molecule has 0 saturated carbocycles. The number of carbonyl (C=O) groups is 2. The Morgan fingerprint density at radius 2 is 1.93 bits per heavy atom. The van der Waals surface area contributed by atoms with Crippen LogP contribution >= 0.6 is 11.3 Å². The Hall–Kier alpha value is -2.40. The fourth-order valence-electron chi connectivity index (χ4n) is 4.62. The molecule has 1 fully saturated rings. The molecule has 29 heavy (non-hydrogen) atoms. The molecule has 1 aliphatic heterocycles. The summed E-state index contributed by atoms with van der Waals surface area (Å²) in [6.07, 6.45) is 8.96. The summed E-state index contributed by atoms with van der Waals surface area (Å²) in [6.45, 7) is 1.22. The normalized spacial score (nSPS) is 20.7. The zero-order valence-corrected chi connectivity index (χ0v) is 17.5. The number of allylic oxidation sites excluding steroid dienone is 2. The van der Waals surface area contributed by atoms with Gasteiger partial charge >= 0.3 is 0 Å². The van der Waals surface area contributed by atoms with E-state index in [1.54, 1.807) is 11.3 Å². The molecule has 2 aliphatic rings. The van der Waals surface area contributed by atoms with Crippen molar-refractivity contribution in [3.63, 3.8) is 0 Å². The summed E-state index contributed by atoms with van der Waals surface area (Å²) < 4.78 is 0. The van der Waals surface area contributed by atoms with Crippen LogP contribution in [0.5, 0.6) is 0 Å². The Labute approximate surface area is 176 Å². The smallest absolute Gasteiger partial charge is 0.224 e. The van der Waals surface area contributed by atoms with Crippen LogP contribution in [0, 0.1) is 11.3 Å². The van der Waals surface area contributed by atoms with Gasteiger partial charge in [-0.05, 0) is 60.6 Å². The van der Waals surface area contributed by atoms with E-state index in [4.69, 9.17) is 5.73 Å². The second kappa shape index (κ2) is 8.54. The maximum absolute atomic E-state index is 12.7. The van der Waals surface area contributed by atoms with E-state index in [0.29, 0.717) is 44.7 Å². The molecule has 1 aromatic heterocycles. The van der Waals surface area contributed by atoms with E-state index in [0.717, 1.165) is 18.4 Å². The summed E-state index contributed by atoms with van der Waals surface area (Å²) in [6, 6.07) is 12.4. The highest BCUT2D eigenvalue weighted by Crippen LogP contribution is 2.39. The Bertz CT molecular complexity index is 895. The van der Waals surface area contributed by atoms with Gasteiger partial charge in [-0.3, -0.25) is 9.59 Å². The van der Waals surface area contributed by atoms with Crippen molar-refractivity contribution in [1.82, 2.24) is 4.90 Å². The van der Waals surface area contributed by atoms with Crippen LogP contribution < -0.4 is 5.73 Å². The molecule has 2 amide bonds. The maximum Gasteiger partial charge on any atom is 0.224 e. The van der Waals surface area contributed by atoms with Crippen LogP contribution in [0.2, 0.25) is 0 Å². The van der Waals surface area contributed by atoms with E-state index in [-0.39, 0.29) is 11.8 Å². The number of benzene rings is 1. The van der Waals surface area contributed by atoms with Crippen LogP contribution in [-0.2, 0) is 16.0 Å². The van der Waals surface area contributed by atoms with Crippen LogP contribution in [0.25, 0.3) is 10.4 Å². The molecule has 0 spiro atoms. The first-order valence-corrected chi connectivity index (χ1v) is 11.3. The van der Waals surface area contributed by atoms with Gasteiger partial charge in [-0.15, -0.1) is 11.3 Å². The van der Waals surface area contributed by atoms with Crippen molar-refractivity contribution in [1.29, 1.82) is 0 Å². The molecular weight excluding hydrogens is 380 g/mol. The lowest BCUT2D eigenvalue weighted by molar-refractivity contribution is -0.139. The van der Waals surface area contributed by atoms with E-state index >= 15 is 0 Å². The minimum atomic E-state index is -0.586. The molecular formula is C24H28N2O2S. The van der Waals surface area contributed by atoms with E-state index < -0.39 is 5.41 Å². The highest BCUT2D eigenvalue weighted by molar-refractivity contribution is 7.13. The van der Waals surface area contributed by atoms with Crippen LogP contribution in [0.3, 0.4) is 0 Å². The number of hydrogen-bond acceptors (Lipinski definition) is 3. The maximum atomic E-state index is 12.7. The highest BCUT2D eigenvalue weighted by Gasteiger charge is 2.41. The average molecular weight is 409 g/mol. The van der Waals surface area contributed by atoms with Crippen molar-refractivity contribution in [3.8, 4) is 10.4 Å². The van der Waals surface area contributed by atoms with Crippen LogP contribution in [0.1, 0.15) is 37.7 Å². The third kappa shape index (κ3) is 4.30. The molecule has 4 nitrogen and oxygen atoms in total. The number of piperidine rings is 1. The number of likely N-dealkylation sites (tertiary alicyclic amines) is 1. The van der Waals surface area contributed by atoms with Gasteiger partial charge in [0.25, 0.3) is 0 Å². The van der Waals surface area contributed by atoms with Crippen molar-refractivity contribution < 1.29 is 9.59 Å². The molecule has 4 rings (SSSR count). The molecule has 5 heteroatoms. The van der Waals surface area contributed by atoms with E-state index in [1.165, 1.54) is 10.4 Å². The van der Waals surface area contributed by atoms with Crippen molar-refractivity contribution in [2.45, 2.75) is 38.5 Å². The lowest BCUT2D eigenvalue weighted by Crippen LogP contribution is -2.50. The first-order valence-electron chi connectivity index (χ1n) is 10.4. The Kier molecular flexibility index (Phi) is 5.86. The number of hydrogen-bond donors (Lipinski definition) is 1. The molecule has 1 atom stereocenters. The van der Waals surface area contributed by atoms with Gasteiger partial charge in [0.2, 0.25) is 11.8 Å². The highest BCUT2D eigenvalue weighted by atomic mass is 32.1. The molecule has 152 valence electrons. The zero-order valence-electron chi connectivity index (χ0n) is 16.7. The largest absolute Gasteiger partial charge is 0.369 e. The minimum Gasteiger partial charge on any atom is -0.369 e. The Morgan fingerprint density at radius 1 is 1.14 bits per heavy atom. The molecule has 2 heterocycles. The van der Waals surface area contributed by atoms with E-state index in [2.05, 4.69) is 35.7 Å². The van der Waals surface area contributed by atoms with Gasteiger partial charge < -0.3 is 10.6 Å². The van der Waals surface area contributed by atoms with Gasteiger partial charge in [0, 0.05) is 24.4 Å². The fraction of sp³-hybridized carbons (Fsp3) is 0.417. The zero-order chi connectivity index (χ0) is 20.3. The molecule has 1 aromatic carbocycles. The molecule has 0 radical (unpaired) electrons. The predicted octanol–water partition coefficient (Wildman–Crippen LogP) is 4.41. The Balaban J connectivity index is 1.47. The number of rotatable bonds is 6. The monoisotopic (exact) mass is 408 g/mol. The second-order valence-electron chi connectivity index (χ2n) is 8.31. The first kappa shape index (κ1) is 19.9. The predicted molar refractivity (Wildman–Crippen MR) is 117 cm³/mol. The van der Waals surface area contributed by atoms with Gasteiger partial charge in [0.1, 0.15) is 0 Å². The minimum absolute atomic E-state index is 0.207. The van der Waals surface area contributed by atoms with Gasteiger partial charge in [0.05, 0.1) is 5.41 Å². The topological polar surface area (TPSA) is 63.4 Å².